The third-order valence-corrected chi connectivity index (χ3v) is 4.12. The van der Waals surface area contributed by atoms with Crippen LogP contribution in [0.3, 0.4) is 0 Å². The van der Waals surface area contributed by atoms with Crippen molar-refractivity contribution in [2.24, 2.45) is 5.92 Å². The Labute approximate surface area is 82.5 Å². The molecule has 4 aliphatic rings. The number of carboxylic acid groups (broad SMARTS) is 1. The maximum atomic E-state index is 11.0. The second-order valence-corrected chi connectivity index (χ2v) is 5.17. The summed E-state index contributed by atoms with van der Waals surface area (Å²) >= 11 is 0. The van der Waals surface area contributed by atoms with Gasteiger partial charge in [0.15, 0.2) is 0 Å². The van der Waals surface area contributed by atoms with Gasteiger partial charge in [0.1, 0.15) is 0 Å². The summed E-state index contributed by atoms with van der Waals surface area (Å²) in [6.07, 6.45) is 3.34. The number of amides is 1. The number of hydrogen-bond donors (Lipinski definition) is 2. The summed E-state index contributed by atoms with van der Waals surface area (Å²) < 4.78 is 0. The number of nitrogens with zero attached hydrogens (tertiary/aromatic N) is 1. The first-order valence-electron chi connectivity index (χ1n) is 5.31. The van der Waals surface area contributed by atoms with E-state index >= 15 is 0 Å². The van der Waals surface area contributed by atoms with Crippen LogP contribution in [-0.4, -0.2) is 38.9 Å². The lowest BCUT2D eigenvalue weighted by Crippen LogP contribution is -2.65. The van der Waals surface area contributed by atoms with Gasteiger partial charge in [-0.2, -0.15) is 0 Å². The Morgan fingerprint density at radius 1 is 1.21 bits per heavy atom. The highest BCUT2D eigenvalue weighted by Crippen LogP contribution is 2.51. The molecule has 2 unspecified atom stereocenters. The first-order valence-corrected chi connectivity index (χ1v) is 5.31. The predicted octanol–water partition coefficient (Wildman–Crippen LogP) is 1.04. The van der Waals surface area contributed by atoms with Crippen LogP contribution in [0.1, 0.15) is 32.1 Å². The normalized spacial score (nSPS) is 49.8. The average molecular weight is 197 g/mol. The van der Waals surface area contributed by atoms with Crippen molar-refractivity contribution in [3.63, 3.8) is 0 Å². The molecular weight excluding hydrogens is 182 g/mol. The molecule has 4 nitrogen and oxygen atoms in total. The van der Waals surface area contributed by atoms with E-state index < -0.39 is 11.7 Å². The van der Waals surface area contributed by atoms with E-state index in [1.807, 2.05) is 0 Å². The van der Waals surface area contributed by atoms with Crippen LogP contribution in [0.25, 0.3) is 0 Å². The summed E-state index contributed by atoms with van der Waals surface area (Å²) in [7, 11) is 0. The van der Waals surface area contributed by atoms with Crippen molar-refractivity contribution in [2.75, 3.05) is 0 Å². The molecule has 1 amide bonds. The summed E-state index contributed by atoms with van der Waals surface area (Å²) in [5.41, 5.74) is -0.539. The van der Waals surface area contributed by atoms with Gasteiger partial charge in [0, 0.05) is 12.1 Å². The monoisotopic (exact) mass is 197 g/mol. The third kappa shape index (κ3) is 1.00. The van der Waals surface area contributed by atoms with Crippen molar-refractivity contribution in [1.29, 1.82) is 0 Å². The van der Waals surface area contributed by atoms with E-state index in [9.17, 15) is 9.90 Å². The highest BCUT2D eigenvalue weighted by Gasteiger charge is 2.55. The van der Waals surface area contributed by atoms with Gasteiger partial charge in [0.05, 0.1) is 5.60 Å². The molecule has 4 bridgehead atoms. The topological polar surface area (TPSA) is 60.8 Å². The number of hydrogen-bond acceptors (Lipinski definition) is 2. The lowest BCUT2D eigenvalue weighted by atomic mass is 9.61. The van der Waals surface area contributed by atoms with Gasteiger partial charge in [0.25, 0.3) is 0 Å². The van der Waals surface area contributed by atoms with Crippen molar-refractivity contribution < 1.29 is 15.0 Å². The van der Waals surface area contributed by atoms with Gasteiger partial charge in [-0.25, -0.2) is 4.79 Å². The van der Waals surface area contributed by atoms with E-state index in [1.165, 1.54) is 0 Å². The number of piperidine rings is 2. The van der Waals surface area contributed by atoms with Crippen molar-refractivity contribution in [3.05, 3.63) is 0 Å². The van der Waals surface area contributed by atoms with Crippen molar-refractivity contribution in [3.8, 4) is 0 Å². The molecule has 78 valence electrons. The maximum absolute atomic E-state index is 11.0. The Hall–Kier alpha value is -0.770. The molecule has 14 heavy (non-hydrogen) atoms. The van der Waals surface area contributed by atoms with Crippen LogP contribution in [-0.2, 0) is 0 Å². The highest BCUT2D eigenvalue weighted by molar-refractivity contribution is 5.66. The molecule has 2 N–H and O–H groups in total. The molecule has 0 radical (unpaired) electrons. The molecule has 0 aromatic carbocycles. The fourth-order valence-electron chi connectivity index (χ4n) is 3.90. The molecule has 4 heteroatoms. The van der Waals surface area contributed by atoms with E-state index in [2.05, 4.69) is 0 Å². The molecule has 2 heterocycles. The first-order chi connectivity index (χ1) is 6.57. The predicted molar refractivity (Wildman–Crippen MR) is 49.0 cm³/mol. The van der Waals surface area contributed by atoms with Gasteiger partial charge >= 0.3 is 6.09 Å². The summed E-state index contributed by atoms with van der Waals surface area (Å²) in [6.45, 7) is 0. The Morgan fingerprint density at radius 3 is 2.21 bits per heavy atom. The Morgan fingerprint density at radius 2 is 1.79 bits per heavy atom. The van der Waals surface area contributed by atoms with Crippen LogP contribution in [0.5, 0.6) is 0 Å². The van der Waals surface area contributed by atoms with Gasteiger partial charge in [-0.15, -0.1) is 0 Å². The molecule has 4 fully saturated rings. The molecule has 2 saturated carbocycles. The quantitative estimate of drug-likeness (QED) is 0.610. The Kier molecular flexibility index (Phi) is 1.48. The Balaban J connectivity index is 1.93. The minimum absolute atomic E-state index is 0.0868. The lowest BCUT2D eigenvalue weighted by molar-refractivity contribution is -0.145. The van der Waals surface area contributed by atoms with E-state index in [-0.39, 0.29) is 12.1 Å². The summed E-state index contributed by atoms with van der Waals surface area (Å²) in [4.78, 5) is 12.6. The molecule has 2 aliphatic carbocycles. The SMILES string of the molecule is O=C(O)N1C2CC3CC1CC(O)(C3)C2. The summed E-state index contributed by atoms with van der Waals surface area (Å²) in [6, 6.07) is 0.174. The van der Waals surface area contributed by atoms with Crippen LogP contribution in [0.4, 0.5) is 4.79 Å². The largest absolute Gasteiger partial charge is 0.465 e. The van der Waals surface area contributed by atoms with Crippen molar-refractivity contribution in [1.82, 2.24) is 4.90 Å². The van der Waals surface area contributed by atoms with Gasteiger partial charge in [0.2, 0.25) is 0 Å². The van der Waals surface area contributed by atoms with Gasteiger partial charge < -0.3 is 15.1 Å². The van der Waals surface area contributed by atoms with E-state index in [4.69, 9.17) is 5.11 Å². The molecule has 0 aromatic rings. The first kappa shape index (κ1) is 8.53. The van der Waals surface area contributed by atoms with Gasteiger partial charge in [-0.1, -0.05) is 0 Å². The second-order valence-electron chi connectivity index (χ2n) is 5.17. The average Bonchev–Trinajstić information content (AvgIpc) is 1.97. The van der Waals surface area contributed by atoms with Crippen LogP contribution < -0.4 is 0 Å². The lowest BCUT2D eigenvalue weighted by Gasteiger charge is -2.58. The van der Waals surface area contributed by atoms with E-state index in [1.54, 1.807) is 4.90 Å². The minimum Gasteiger partial charge on any atom is -0.465 e. The number of rotatable bonds is 0. The number of carbonyl (C=O) groups is 1. The summed E-state index contributed by atoms with van der Waals surface area (Å²) in [5.74, 6) is 0.563. The van der Waals surface area contributed by atoms with Gasteiger partial charge in [-0.05, 0) is 38.0 Å². The molecule has 0 spiro atoms. The molecule has 2 aliphatic heterocycles. The third-order valence-electron chi connectivity index (χ3n) is 4.12. The fourth-order valence-corrected chi connectivity index (χ4v) is 3.90. The van der Waals surface area contributed by atoms with Crippen LogP contribution in [0.2, 0.25) is 0 Å². The van der Waals surface area contributed by atoms with Crippen LogP contribution >= 0.6 is 0 Å². The fraction of sp³-hybridized carbons (Fsp3) is 0.900. The smallest absolute Gasteiger partial charge is 0.407 e. The molecular formula is C10H15NO3. The zero-order valence-corrected chi connectivity index (χ0v) is 8.02. The zero-order valence-electron chi connectivity index (χ0n) is 8.02. The van der Waals surface area contributed by atoms with Crippen molar-refractivity contribution >= 4 is 6.09 Å². The molecule has 2 saturated heterocycles. The second kappa shape index (κ2) is 2.42. The molecule has 2 atom stereocenters. The van der Waals surface area contributed by atoms with E-state index in [0.717, 1.165) is 19.3 Å². The van der Waals surface area contributed by atoms with Gasteiger partial charge in [-0.3, -0.25) is 0 Å². The zero-order chi connectivity index (χ0) is 9.92. The van der Waals surface area contributed by atoms with E-state index in [0.29, 0.717) is 18.8 Å². The molecule has 0 aromatic heterocycles. The Bertz CT molecular complexity index is 275. The summed E-state index contributed by atoms with van der Waals surface area (Å²) in [5, 5.41) is 19.3. The highest BCUT2D eigenvalue weighted by atomic mass is 16.4. The van der Waals surface area contributed by atoms with Crippen molar-refractivity contribution in [2.45, 2.75) is 49.8 Å². The minimum atomic E-state index is -0.803. The van der Waals surface area contributed by atoms with Crippen LogP contribution in [0, 0.1) is 5.92 Å². The maximum Gasteiger partial charge on any atom is 0.407 e. The molecule has 4 rings (SSSR count). The number of aliphatic hydroxyl groups is 1. The standard InChI is InChI=1S/C10H15NO3/c12-9(13)11-7-1-6-2-8(11)5-10(14,3-6)4-7/h6-8,14H,1-5H2,(H,12,13). The van der Waals surface area contributed by atoms with Crippen LogP contribution in [0.15, 0.2) is 0 Å².